The first-order chi connectivity index (χ1) is 5.05. The van der Waals surface area contributed by atoms with Crippen LogP contribution in [-0.4, -0.2) is 19.3 Å². The van der Waals surface area contributed by atoms with Crippen LogP contribution in [-0.2, 0) is 4.74 Å². The molecule has 11 heavy (non-hydrogen) atoms. The highest BCUT2D eigenvalue weighted by atomic mass is 16.5. The summed E-state index contributed by atoms with van der Waals surface area (Å²) in [5.41, 5.74) is 5.89. The third-order valence-corrected chi connectivity index (χ3v) is 2.37. The predicted octanol–water partition coefficient (Wildman–Crippen LogP) is 1.40. The standard InChI is InChI=1S/C9H19NO/c1-9(2,3)8-7(6-10)4-5-11-8/h7-8H,4-6,10H2,1-3H3/t7-,8+/m0/s1. The average Bonchev–Trinajstić information content (AvgIpc) is 2.31. The Morgan fingerprint density at radius 1 is 1.45 bits per heavy atom. The molecular weight excluding hydrogens is 138 g/mol. The molecule has 1 fully saturated rings. The number of hydrogen-bond donors (Lipinski definition) is 1. The van der Waals surface area contributed by atoms with Crippen LogP contribution in [0.3, 0.4) is 0 Å². The fraction of sp³-hybridized carbons (Fsp3) is 1.00. The van der Waals surface area contributed by atoms with E-state index in [2.05, 4.69) is 20.8 Å². The van der Waals surface area contributed by atoms with E-state index in [9.17, 15) is 0 Å². The molecule has 0 aromatic rings. The molecule has 66 valence electrons. The molecule has 1 rings (SSSR count). The van der Waals surface area contributed by atoms with Crippen molar-refractivity contribution in [3.8, 4) is 0 Å². The summed E-state index contributed by atoms with van der Waals surface area (Å²) in [5, 5.41) is 0. The lowest BCUT2D eigenvalue weighted by Crippen LogP contribution is -2.35. The van der Waals surface area contributed by atoms with Crippen LogP contribution in [0.2, 0.25) is 0 Å². The number of rotatable bonds is 1. The van der Waals surface area contributed by atoms with Crippen LogP contribution in [0.15, 0.2) is 0 Å². The molecule has 2 atom stereocenters. The molecule has 0 aromatic heterocycles. The zero-order valence-corrected chi connectivity index (χ0v) is 7.76. The molecule has 1 saturated heterocycles. The fourth-order valence-corrected chi connectivity index (χ4v) is 1.83. The van der Waals surface area contributed by atoms with Gasteiger partial charge in [-0.15, -0.1) is 0 Å². The Hall–Kier alpha value is -0.0800. The highest BCUT2D eigenvalue weighted by Crippen LogP contribution is 2.33. The average molecular weight is 157 g/mol. The fourth-order valence-electron chi connectivity index (χ4n) is 1.83. The Labute approximate surface area is 69.1 Å². The maximum Gasteiger partial charge on any atom is 0.0664 e. The second kappa shape index (κ2) is 3.11. The van der Waals surface area contributed by atoms with E-state index in [4.69, 9.17) is 10.5 Å². The summed E-state index contributed by atoms with van der Waals surface area (Å²) in [6.45, 7) is 8.30. The maximum atomic E-state index is 5.64. The van der Waals surface area contributed by atoms with Crippen molar-refractivity contribution in [2.45, 2.75) is 33.3 Å². The minimum absolute atomic E-state index is 0.251. The Kier molecular flexibility index (Phi) is 2.55. The van der Waals surface area contributed by atoms with E-state index in [1.54, 1.807) is 0 Å². The largest absolute Gasteiger partial charge is 0.377 e. The van der Waals surface area contributed by atoms with Gasteiger partial charge in [-0.2, -0.15) is 0 Å². The second-order valence-corrected chi connectivity index (χ2v) is 4.44. The molecule has 0 unspecified atom stereocenters. The van der Waals surface area contributed by atoms with Gasteiger partial charge in [0.25, 0.3) is 0 Å². The lowest BCUT2D eigenvalue weighted by atomic mass is 9.81. The Bertz CT molecular complexity index is 128. The van der Waals surface area contributed by atoms with Gasteiger partial charge in [-0.05, 0) is 18.4 Å². The van der Waals surface area contributed by atoms with Crippen LogP contribution in [0.1, 0.15) is 27.2 Å². The van der Waals surface area contributed by atoms with E-state index in [1.165, 1.54) is 0 Å². The summed E-state index contributed by atoms with van der Waals surface area (Å²) in [5.74, 6) is 0.579. The minimum Gasteiger partial charge on any atom is -0.377 e. The first-order valence-corrected chi connectivity index (χ1v) is 4.37. The lowest BCUT2D eigenvalue weighted by molar-refractivity contribution is 0.00882. The topological polar surface area (TPSA) is 35.2 Å². The number of ether oxygens (including phenoxy) is 1. The van der Waals surface area contributed by atoms with Gasteiger partial charge < -0.3 is 10.5 Å². The van der Waals surface area contributed by atoms with Gasteiger partial charge in [0, 0.05) is 12.5 Å². The molecule has 2 N–H and O–H groups in total. The van der Waals surface area contributed by atoms with E-state index in [1.807, 2.05) is 0 Å². The zero-order valence-electron chi connectivity index (χ0n) is 7.76. The molecule has 1 heterocycles. The molecule has 1 aliphatic heterocycles. The van der Waals surface area contributed by atoms with E-state index < -0.39 is 0 Å². The van der Waals surface area contributed by atoms with Crippen molar-refractivity contribution in [1.82, 2.24) is 0 Å². The SMILES string of the molecule is CC(C)(C)[C@@H]1OCC[C@H]1CN. The Morgan fingerprint density at radius 3 is 2.45 bits per heavy atom. The molecular formula is C9H19NO. The molecule has 0 aromatic carbocycles. The quantitative estimate of drug-likeness (QED) is 0.624. The van der Waals surface area contributed by atoms with Crippen LogP contribution < -0.4 is 5.73 Å². The predicted molar refractivity (Wildman–Crippen MR) is 46.4 cm³/mol. The van der Waals surface area contributed by atoms with Gasteiger partial charge in [0.1, 0.15) is 0 Å². The first kappa shape index (κ1) is 9.01. The van der Waals surface area contributed by atoms with Crippen LogP contribution in [0.4, 0.5) is 0 Å². The van der Waals surface area contributed by atoms with Gasteiger partial charge in [0.05, 0.1) is 6.10 Å². The van der Waals surface area contributed by atoms with Crippen LogP contribution >= 0.6 is 0 Å². The molecule has 1 aliphatic rings. The molecule has 2 nitrogen and oxygen atoms in total. The van der Waals surface area contributed by atoms with Gasteiger partial charge in [-0.1, -0.05) is 20.8 Å². The monoisotopic (exact) mass is 157 g/mol. The van der Waals surface area contributed by atoms with Crippen LogP contribution in [0.5, 0.6) is 0 Å². The molecule has 0 saturated carbocycles. The van der Waals surface area contributed by atoms with Crippen molar-refractivity contribution in [3.63, 3.8) is 0 Å². The van der Waals surface area contributed by atoms with Gasteiger partial charge in [-0.25, -0.2) is 0 Å². The summed E-state index contributed by atoms with van der Waals surface area (Å²) in [7, 11) is 0. The van der Waals surface area contributed by atoms with Crippen molar-refractivity contribution in [3.05, 3.63) is 0 Å². The second-order valence-electron chi connectivity index (χ2n) is 4.44. The summed E-state index contributed by atoms with van der Waals surface area (Å²) in [6, 6.07) is 0. The molecule has 0 bridgehead atoms. The third kappa shape index (κ3) is 1.94. The minimum atomic E-state index is 0.251. The van der Waals surface area contributed by atoms with Crippen LogP contribution in [0.25, 0.3) is 0 Å². The molecule has 0 aliphatic carbocycles. The normalized spacial score (nSPS) is 32.7. The van der Waals surface area contributed by atoms with Crippen molar-refractivity contribution in [2.24, 2.45) is 17.1 Å². The van der Waals surface area contributed by atoms with E-state index >= 15 is 0 Å². The van der Waals surface area contributed by atoms with Gasteiger partial charge >= 0.3 is 0 Å². The van der Waals surface area contributed by atoms with E-state index in [0.717, 1.165) is 19.6 Å². The summed E-state index contributed by atoms with van der Waals surface area (Å²) >= 11 is 0. The summed E-state index contributed by atoms with van der Waals surface area (Å²) in [4.78, 5) is 0. The Morgan fingerprint density at radius 2 is 2.09 bits per heavy atom. The smallest absolute Gasteiger partial charge is 0.0664 e. The number of nitrogens with two attached hydrogens (primary N) is 1. The highest BCUT2D eigenvalue weighted by Gasteiger charge is 2.36. The van der Waals surface area contributed by atoms with Crippen molar-refractivity contribution < 1.29 is 4.74 Å². The molecule has 2 heteroatoms. The Balaban J connectivity index is 2.57. The van der Waals surface area contributed by atoms with Gasteiger partial charge in [0.15, 0.2) is 0 Å². The zero-order chi connectivity index (χ0) is 8.48. The van der Waals surface area contributed by atoms with Crippen molar-refractivity contribution >= 4 is 0 Å². The summed E-state index contributed by atoms with van der Waals surface area (Å²) in [6.07, 6.45) is 1.51. The van der Waals surface area contributed by atoms with Crippen molar-refractivity contribution in [1.29, 1.82) is 0 Å². The van der Waals surface area contributed by atoms with E-state index in [-0.39, 0.29) is 5.41 Å². The molecule has 0 amide bonds. The maximum absolute atomic E-state index is 5.64. The first-order valence-electron chi connectivity index (χ1n) is 4.37. The molecule has 0 spiro atoms. The lowest BCUT2D eigenvalue weighted by Gasteiger charge is -2.30. The van der Waals surface area contributed by atoms with Crippen LogP contribution in [0, 0.1) is 11.3 Å². The van der Waals surface area contributed by atoms with Gasteiger partial charge in [-0.3, -0.25) is 0 Å². The number of hydrogen-bond acceptors (Lipinski definition) is 2. The highest BCUT2D eigenvalue weighted by molar-refractivity contribution is 4.85. The third-order valence-electron chi connectivity index (χ3n) is 2.37. The van der Waals surface area contributed by atoms with Crippen molar-refractivity contribution in [2.75, 3.05) is 13.2 Å². The summed E-state index contributed by atoms with van der Waals surface area (Å²) < 4.78 is 5.64. The van der Waals surface area contributed by atoms with E-state index in [0.29, 0.717) is 12.0 Å². The molecule has 0 radical (unpaired) electrons. The van der Waals surface area contributed by atoms with Gasteiger partial charge in [0.2, 0.25) is 0 Å².